The van der Waals surface area contributed by atoms with E-state index in [9.17, 15) is 13.2 Å². The average molecular weight is 567 g/mol. The van der Waals surface area contributed by atoms with Gasteiger partial charge in [-0.15, -0.1) is 4.31 Å². The van der Waals surface area contributed by atoms with Crippen molar-refractivity contribution >= 4 is 50.8 Å². The van der Waals surface area contributed by atoms with Crippen LogP contribution < -0.4 is 9.62 Å². The first kappa shape index (κ1) is 27.3. The minimum absolute atomic E-state index is 0.0105. The standard InChI is InChI=1S/C25H28ClFN4O4S2/c1-25(2,3)35-24(32)31(23-10-12-36-29-23)37(33,34)22-13-19(26)21(14-20(22)27)28-18-9-11-30(16-18)15-17-7-5-4-6-8-17/h4-8,10,12-14,18,28H,9,11,15-16H2,1-3H3/t18-/m0/s1. The van der Waals surface area contributed by atoms with Gasteiger partial charge in [-0.05, 0) is 62.5 Å². The number of halogens is 2. The molecule has 37 heavy (non-hydrogen) atoms. The highest BCUT2D eigenvalue weighted by Gasteiger charge is 2.38. The maximum atomic E-state index is 15.3. The van der Waals surface area contributed by atoms with Gasteiger partial charge in [0.25, 0.3) is 10.0 Å². The fraction of sp³-hybridized carbons (Fsp3) is 0.360. The molecule has 1 amide bonds. The van der Waals surface area contributed by atoms with Crippen LogP contribution >= 0.6 is 23.1 Å². The maximum absolute atomic E-state index is 15.3. The lowest BCUT2D eigenvalue weighted by molar-refractivity contribution is 0.0608. The summed E-state index contributed by atoms with van der Waals surface area (Å²) < 4.78 is 51.8. The molecule has 1 aliphatic rings. The molecular weight excluding hydrogens is 539 g/mol. The molecule has 2 aromatic carbocycles. The van der Waals surface area contributed by atoms with Crippen LogP contribution in [0.15, 0.2) is 58.8 Å². The predicted molar refractivity (Wildman–Crippen MR) is 143 cm³/mol. The summed E-state index contributed by atoms with van der Waals surface area (Å²) in [7, 11) is -4.73. The summed E-state index contributed by atoms with van der Waals surface area (Å²) in [5.74, 6) is -1.24. The molecule has 1 aliphatic heterocycles. The molecule has 3 aromatic rings. The van der Waals surface area contributed by atoms with E-state index in [1.807, 2.05) is 18.2 Å². The summed E-state index contributed by atoms with van der Waals surface area (Å²) in [4.78, 5) is 14.4. The Morgan fingerprint density at radius 2 is 2.00 bits per heavy atom. The Morgan fingerprint density at radius 3 is 2.65 bits per heavy atom. The number of benzene rings is 2. The van der Waals surface area contributed by atoms with Crippen molar-refractivity contribution in [2.24, 2.45) is 0 Å². The van der Waals surface area contributed by atoms with Gasteiger partial charge in [-0.25, -0.2) is 17.6 Å². The van der Waals surface area contributed by atoms with Crippen LogP contribution in [-0.2, 0) is 21.3 Å². The molecule has 4 rings (SSSR count). The molecular formula is C25H28ClFN4O4S2. The van der Waals surface area contributed by atoms with Crippen molar-refractivity contribution in [2.75, 3.05) is 22.7 Å². The molecule has 1 aromatic heterocycles. The van der Waals surface area contributed by atoms with Crippen molar-refractivity contribution in [2.45, 2.75) is 50.3 Å². The third-order valence-corrected chi connectivity index (χ3v) is 8.16. The van der Waals surface area contributed by atoms with Gasteiger partial charge in [0.2, 0.25) is 0 Å². The fourth-order valence-electron chi connectivity index (χ4n) is 4.02. The van der Waals surface area contributed by atoms with Crippen molar-refractivity contribution in [3.05, 3.63) is 70.3 Å². The van der Waals surface area contributed by atoms with Crippen LogP contribution in [0.5, 0.6) is 0 Å². The lowest BCUT2D eigenvalue weighted by Gasteiger charge is -2.26. The molecule has 1 atom stereocenters. The van der Waals surface area contributed by atoms with Gasteiger partial charge in [-0.3, -0.25) is 4.90 Å². The zero-order chi connectivity index (χ0) is 26.8. The molecule has 198 valence electrons. The lowest BCUT2D eigenvalue weighted by Crippen LogP contribution is -2.41. The van der Waals surface area contributed by atoms with Gasteiger partial charge in [0.05, 0.1) is 10.7 Å². The Hall–Kier alpha value is -2.73. The number of ether oxygens (including phenoxy) is 1. The zero-order valence-corrected chi connectivity index (χ0v) is 23.0. The van der Waals surface area contributed by atoms with E-state index in [-0.39, 0.29) is 22.6 Å². The molecule has 1 fully saturated rings. The van der Waals surface area contributed by atoms with Crippen molar-refractivity contribution < 1.29 is 22.3 Å². The molecule has 8 nitrogen and oxygen atoms in total. The van der Waals surface area contributed by atoms with Gasteiger partial charge < -0.3 is 10.1 Å². The molecule has 0 aliphatic carbocycles. The quantitative estimate of drug-likeness (QED) is 0.389. The van der Waals surface area contributed by atoms with E-state index in [1.54, 1.807) is 20.8 Å². The van der Waals surface area contributed by atoms with Crippen LogP contribution in [0.25, 0.3) is 0 Å². The van der Waals surface area contributed by atoms with Crippen LogP contribution in [0.4, 0.5) is 20.7 Å². The molecule has 0 bridgehead atoms. The minimum Gasteiger partial charge on any atom is -0.443 e. The first-order valence-corrected chi connectivity index (χ1v) is 14.3. The van der Waals surface area contributed by atoms with Crippen molar-refractivity contribution in [1.29, 1.82) is 0 Å². The van der Waals surface area contributed by atoms with Crippen molar-refractivity contribution in [1.82, 2.24) is 9.27 Å². The number of likely N-dealkylation sites (tertiary alicyclic amines) is 1. The Kier molecular flexibility index (Phi) is 8.08. The summed E-state index contributed by atoms with van der Waals surface area (Å²) in [5, 5.41) is 4.75. The van der Waals surface area contributed by atoms with E-state index in [0.29, 0.717) is 4.31 Å². The van der Waals surface area contributed by atoms with E-state index >= 15 is 4.39 Å². The Labute approximate surface area is 225 Å². The lowest BCUT2D eigenvalue weighted by atomic mass is 10.2. The highest BCUT2D eigenvalue weighted by Crippen LogP contribution is 2.33. The summed E-state index contributed by atoms with van der Waals surface area (Å²) in [6.07, 6.45) is -0.373. The summed E-state index contributed by atoms with van der Waals surface area (Å²) in [6, 6.07) is 13.5. The number of nitrogens with zero attached hydrogens (tertiary/aromatic N) is 3. The number of anilines is 2. The Morgan fingerprint density at radius 1 is 1.27 bits per heavy atom. The molecule has 0 unspecified atom stereocenters. The maximum Gasteiger partial charge on any atom is 0.430 e. The van der Waals surface area contributed by atoms with Gasteiger partial charge >= 0.3 is 6.09 Å². The molecule has 1 N–H and O–H groups in total. The number of carbonyl (C=O) groups excluding carboxylic acids is 1. The van der Waals surface area contributed by atoms with Crippen molar-refractivity contribution in [3.8, 4) is 0 Å². The molecule has 0 spiro atoms. The SMILES string of the molecule is CC(C)(C)OC(=O)N(c1ccsn1)S(=O)(=O)c1cc(Cl)c(N[C@H]2CCN(Cc3ccccc3)C2)cc1F. The largest absolute Gasteiger partial charge is 0.443 e. The predicted octanol–water partition coefficient (Wildman–Crippen LogP) is 5.75. The minimum atomic E-state index is -4.73. The van der Waals surface area contributed by atoms with Crippen LogP contribution in [0.1, 0.15) is 32.8 Å². The van der Waals surface area contributed by atoms with Gasteiger partial charge in [-0.1, -0.05) is 41.9 Å². The van der Waals surface area contributed by atoms with Gasteiger partial charge in [0.15, 0.2) is 5.82 Å². The summed E-state index contributed by atoms with van der Waals surface area (Å²) >= 11 is 7.36. The van der Waals surface area contributed by atoms with Crippen LogP contribution in [0.3, 0.4) is 0 Å². The van der Waals surface area contributed by atoms with Crippen LogP contribution in [0.2, 0.25) is 5.02 Å². The number of sulfonamides is 1. The van der Waals surface area contributed by atoms with E-state index in [1.165, 1.54) is 17.0 Å². The number of hydrogen-bond acceptors (Lipinski definition) is 8. The molecule has 0 radical (unpaired) electrons. The Bertz CT molecular complexity index is 1350. The highest BCUT2D eigenvalue weighted by atomic mass is 35.5. The molecule has 0 saturated carbocycles. The number of hydrogen-bond donors (Lipinski definition) is 1. The third-order valence-electron chi connectivity index (χ3n) is 5.61. The topological polar surface area (TPSA) is 91.8 Å². The highest BCUT2D eigenvalue weighted by molar-refractivity contribution is 7.93. The van der Waals surface area contributed by atoms with Gasteiger partial charge in [-0.2, -0.15) is 4.37 Å². The second-order valence-corrected chi connectivity index (χ2v) is 12.5. The van der Waals surface area contributed by atoms with E-state index in [0.717, 1.165) is 49.7 Å². The number of nitrogens with one attached hydrogen (secondary N) is 1. The number of carbonyl (C=O) groups is 1. The van der Waals surface area contributed by atoms with Gasteiger partial charge in [0.1, 0.15) is 16.3 Å². The van der Waals surface area contributed by atoms with E-state index in [2.05, 4.69) is 26.7 Å². The summed E-state index contributed by atoms with van der Waals surface area (Å²) in [5.41, 5.74) is 0.499. The van der Waals surface area contributed by atoms with Crippen LogP contribution in [-0.4, -0.2) is 48.5 Å². The number of rotatable bonds is 7. The number of amides is 1. The van der Waals surface area contributed by atoms with Gasteiger partial charge in [0, 0.05) is 31.1 Å². The fourth-order valence-corrected chi connectivity index (χ4v) is 6.20. The van der Waals surface area contributed by atoms with Crippen molar-refractivity contribution in [3.63, 3.8) is 0 Å². The third kappa shape index (κ3) is 6.59. The van der Waals surface area contributed by atoms with E-state index < -0.39 is 32.4 Å². The molecule has 12 heteroatoms. The molecule has 2 heterocycles. The van der Waals surface area contributed by atoms with Crippen LogP contribution in [0, 0.1) is 5.82 Å². The first-order chi connectivity index (χ1) is 17.4. The smallest absolute Gasteiger partial charge is 0.430 e. The molecule has 1 saturated heterocycles. The van der Waals surface area contributed by atoms with E-state index in [4.69, 9.17) is 16.3 Å². The number of aromatic nitrogens is 1. The monoisotopic (exact) mass is 566 g/mol. The Balaban J connectivity index is 1.54. The zero-order valence-electron chi connectivity index (χ0n) is 20.6. The second-order valence-electron chi connectivity index (χ2n) is 9.72. The first-order valence-electron chi connectivity index (χ1n) is 11.6. The second kappa shape index (κ2) is 10.9. The average Bonchev–Trinajstić information content (AvgIpc) is 3.48. The normalized spacial score (nSPS) is 16.5. The summed E-state index contributed by atoms with van der Waals surface area (Å²) in [6.45, 7) is 7.17.